The highest BCUT2D eigenvalue weighted by Gasteiger charge is 2.23. The summed E-state index contributed by atoms with van der Waals surface area (Å²) in [5, 5.41) is 8.72. The summed E-state index contributed by atoms with van der Waals surface area (Å²) in [7, 11) is 0. The number of amides is 1. The molecule has 5 rings (SSSR count). The van der Waals surface area contributed by atoms with E-state index in [1.165, 1.54) is 23.5 Å². The molecule has 6 nitrogen and oxygen atoms in total. The number of aromatic nitrogens is 3. The number of anilines is 1. The minimum Gasteiger partial charge on any atom is -0.338 e. The van der Waals surface area contributed by atoms with Crippen LogP contribution in [-0.2, 0) is 22.7 Å². The maximum atomic E-state index is 13.1. The molecular formula is C18H13FN4O2S2. The molecule has 0 bridgehead atoms. The van der Waals surface area contributed by atoms with E-state index in [4.69, 9.17) is 4.52 Å². The second kappa shape index (κ2) is 6.50. The number of carbonyl (C=O) groups excluding carboxylic acids is 1. The Labute approximate surface area is 161 Å². The van der Waals surface area contributed by atoms with Crippen molar-refractivity contribution in [2.75, 3.05) is 5.32 Å². The van der Waals surface area contributed by atoms with E-state index in [-0.39, 0.29) is 18.1 Å². The zero-order valence-corrected chi connectivity index (χ0v) is 15.6. The van der Waals surface area contributed by atoms with Gasteiger partial charge in [0.05, 0.1) is 23.4 Å². The molecule has 0 saturated heterocycles. The van der Waals surface area contributed by atoms with Crippen molar-refractivity contribution in [3.63, 3.8) is 0 Å². The monoisotopic (exact) mass is 400 g/mol. The molecule has 1 amide bonds. The summed E-state index contributed by atoms with van der Waals surface area (Å²) >= 11 is 3.21. The fourth-order valence-electron chi connectivity index (χ4n) is 3.00. The quantitative estimate of drug-likeness (QED) is 0.558. The SMILES string of the molecule is O=C(Cc1csc2nc(-c3ccc(F)cc3)cn12)Nc1onc2c1CSC2. The van der Waals surface area contributed by atoms with Crippen LogP contribution >= 0.6 is 23.1 Å². The van der Waals surface area contributed by atoms with Gasteiger partial charge in [0.15, 0.2) is 4.96 Å². The van der Waals surface area contributed by atoms with Crippen LogP contribution < -0.4 is 5.32 Å². The molecule has 1 aromatic carbocycles. The van der Waals surface area contributed by atoms with Gasteiger partial charge in [-0.2, -0.15) is 11.8 Å². The van der Waals surface area contributed by atoms with E-state index in [0.29, 0.717) is 5.88 Å². The fourth-order valence-corrected chi connectivity index (χ4v) is 4.90. The number of hydrogen-bond acceptors (Lipinski definition) is 6. The molecule has 0 spiro atoms. The number of nitrogens with one attached hydrogen (secondary N) is 1. The molecule has 0 atom stereocenters. The Morgan fingerprint density at radius 2 is 2.15 bits per heavy atom. The van der Waals surface area contributed by atoms with Crippen molar-refractivity contribution in [1.29, 1.82) is 0 Å². The molecule has 0 unspecified atom stereocenters. The van der Waals surface area contributed by atoms with Crippen LogP contribution in [0.3, 0.4) is 0 Å². The highest BCUT2D eigenvalue weighted by Crippen LogP contribution is 2.34. The first kappa shape index (κ1) is 16.5. The topological polar surface area (TPSA) is 72.4 Å². The minimum atomic E-state index is -0.283. The van der Waals surface area contributed by atoms with E-state index in [1.807, 2.05) is 16.0 Å². The number of nitrogens with zero attached hydrogens (tertiary/aromatic N) is 3. The number of carbonyl (C=O) groups is 1. The van der Waals surface area contributed by atoms with Gasteiger partial charge in [-0.3, -0.25) is 14.5 Å². The number of hydrogen-bond donors (Lipinski definition) is 1. The Bertz CT molecular complexity index is 1150. The van der Waals surface area contributed by atoms with Crippen molar-refractivity contribution in [2.24, 2.45) is 0 Å². The number of fused-ring (bicyclic) bond motifs is 2. The number of rotatable bonds is 4. The molecule has 1 aliphatic heterocycles. The molecule has 136 valence electrons. The third-order valence-corrected chi connectivity index (χ3v) is 6.23. The molecule has 4 aromatic rings. The molecule has 0 fully saturated rings. The maximum absolute atomic E-state index is 13.1. The second-order valence-electron chi connectivity index (χ2n) is 6.17. The van der Waals surface area contributed by atoms with Gasteiger partial charge in [0.1, 0.15) is 5.82 Å². The predicted octanol–water partition coefficient (Wildman–Crippen LogP) is 4.12. The third-order valence-electron chi connectivity index (χ3n) is 4.37. The first-order valence-corrected chi connectivity index (χ1v) is 10.3. The zero-order chi connectivity index (χ0) is 18.4. The summed E-state index contributed by atoms with van der Waals surface area (Å²) in [6.07, 6.45) is 2.06. The summed E-state index contributed by atoms with van der Waals surface area (Å²) in [4.78, 5) is 17.8. The molecule has 1 aliphatic rings. The zero-order valence-electron chi connectivity index (χ0n) is 13.9. The highest BCUT2D eigenvalue weighted by molar-refractivity contribution is 7.98. The second-order valence-corrected chi connectivity index (χ2v) is 7.99. The van der Waals surface area contributed by atoms with Crippen LogP contribution in [0.4, 0.5) is 10.3 Å². The van der Waals surface area contributed by atoms with E-state index in [9.17, 15) is 9.18 Å². The van der Waals surface area contributed by atoms with Crippen LogP contribution in [-0.4, -0.2) is 20.4 Å². The molecule has 1 N–H and O–H groups in total. The minimum absolute atomic E-state index is 0.164. The summed E-state index contributed by atoms with van der Waals surface area (Å²) in [6, 6.07) is 6.20. The Balaban J connectivity index is 1.37. The van der Waals surface area contributed by atoms with Gasteiger partial charge in [-0.15, -0.1) is 11.3 Å². The van der Waals surface area contributed by atoms with Crippen LogP contribution in [0.5, 0.6) is 0 Å². The van der Waals surface area contributed by atoms with Gasteiger partial charge in [0, 0.05) is 34.3 Å². The Morgan fingerprint density at radius 3 is 3.00 bits per heavy atom. The van der Waals surface area contributed by atoms with E-state index < -0.39 is 0 Å². The van der Waals surface area contributed by atoms with E-state index in [0.717, 1.165) is 44.7 Å². The molecule has 4 heterocycles. The van der Waals surface area contributed by atoms with Gasteiger partial charge in [-0.1, -0.05) is 5.16 Å². The Morgan fingerprint density at radius 1 is 1.30 bits per heavy atom. The first-order chi connectivity index (χ1) is 13.2. The summed E-state index contributed by atoms with van der Waals surface area (Å²) in [6.45, 7) is 0. The maximum Gasteiger partial charge on any atom is 0.235 e. The molecule has 3 aromatic heterocycles. The van der Waals surface area contributed by atoms with E-state index in [2.05, 4.69) is 15.5 Å². The molecule has 0 saturated carbocycles. The molecule has 0 aliphatic carbocycles. The van der Waals surface area contributed by atoms with Crippen LogP contribution in [0.1, 0.15) is 17.0 Å². The molecule has 27 heavy (non-hydrogen) atoms. The van der Waals surface area contributed by atoms with Gasteiger partial charge >= 0.3 is 0 Å². The van der Waals surface area contributed by atoms with Crippen molar-refractivity contribution in [3.05, 3.63) is 58.6 Å². The van der Waals surface area contributed by atoms with Gasteiger partial charge < -0.3 is 4.52 Å². The van der Waals surface area contributed by atoms with Crippen LogP contribution in [0.25, 0.3) is 16.2 Å². The van der Waals surface area contributed by atoms with Crippen molar-refractivity contribution in [3.8, 4) is 11.3 Å². The van der Waals surface area contributed by atoms with Crippen molar-refractivity contribution in [2.45, 2.75) is 17.9 Å². The van der Waals surface area contributed by atoms with E-state index >= 15 is 0 Å². The molecular weight excluding hydrogens is 387 g/mol. The third kappa shape index (κ3) is 3.02. The van der Waals surface area contributed by atoms with Crippen molar-refractivity contribution in [1.82, 2.24) is 14.5 Å². The summed E-state index contributed by atoms with van der Waals surface area (Å²) < 4.78 is 20.2. The largest absolute Gasteiger partial charge is 0.338 e. The Hall–Kier alpha value is -2.65. The van der Waals surface area contributed by atoms with Crippen molar-refractivity contribution >= 4 is 39.9 Å². The molecule has 0 radical (unpaired) electrons. The number of thiazole rings is 1. The van der Waals surface area contributed by atoms with Crippen molar-refractivity contribution < 1.29 is 13.7 Å². The van der Waals surface area contributed by atoms with E-state index in [1.54, 1.807) is 23.9 Å². The lowest BCUT2D eigenvalue weighted by atomic mass is 10.2. The average molecular weight is 400 g/mol. The van der Waals surface area contributed by atoms with Crippen LogP contribution in [0.15, 0.2) is 40.4 Å². The fraction of sp³-hybridized carbons (Fsp3) is 0.167. The average Bonchev–Trinajstić information content (AvgIpc) is 3.40. The number of imidazole rings is 1. The molecule has 9 heteroatoms. The smallest absolute Gasteiger partial charge is 0.235 e. The lowest BCUT2D eigenvalue weighted by Gasteiger charge is -2.02. The number of benzene rings is 1. The Kier molecular flexibility index (Phi) is 3.98. The lowest BCUT2D eigenvalue weighted by molar-refractivity contribution is -0.115. The van der Waals surface area contributed by atoms with Gasteiger partial charge in [-0.05, 0) is 24.3 Å². The van der Waals surface area contributed by atoms with Crippen LogP contribution in [0.2, 0.25) is 0 Å². The summed E-state index contributed by atoms with van der Waals surface area (Å²) in [5.74, 6) is 1.63. The predicted molar refractivity (Wildman–Crippen MR) is 102 cm³/mol. The first-order valence-electron chi connectivity index (χ1n) is 8.24. The standard InChI is InChI=1S/C18H13FN4O2S2/c19-11-3-1-10(2-4-11)14-6-23-12(7-27-18(23)20-14)5-16(24)21-17-13-8-26-9-15(13)22-25-17/h1-4,6-7H,5,8-9H2,(H,21,24). The number of thioether (sulfide) groups is 1. The number of halogens is 1. The van der Waals surface area contributed by atoms with Gasteiger partial charge in [0.25, 0.3) is 0 Å². The van der Waals surface area contributed by atoms with Crippen LogP contribution in [0, 0.1) is 5.82 Å². The van der Waals surface area contributed by atoms with Gasteiger partial charge in [0.2, 0.25) is 11.8 Å². The van der Waals surface area contributed by atoms with Gasteiger partial charge in [-0.25, -0.2) is 9.37 Å². The lowest BCUT2D eigenvalue weighted by Crippen LogP contribution is -2.15. The normalized spacial score (nSPS) is 13.2. The highest BCUT2D eigenvalue weighted by atomic mass is 32.2. The summed E-state index contributed by atoms with van der Waals surface area (Å²) in [5.41, 5.74) is 4.29.